The molecule has 1 fully saturated rings. The van der Waals surface area contributed by atoms with Gasteiger partial charge in [-0.2, -0.15) is 0 Å². The van der Waals surface area contributed by atoms with Gasteiger partial charge in [-0.15, -0.1) is 0 Å². The summed E-state index contributed by atoms with van der Waals surface area (Å²) < 4.78 is 11.5. The maximum atomic E-state index is 5.79. The highest BCUT2D eigenvalue weighted by molar-refractivity contribution is 5.79. The van der Waals surface area contributed by atoms with Gasteiger partial charge in [-0.05, 0) is 57.7 Å². The Morgan fingerprint density at radius 3 is 2.62 bits per heavy atom. The zero-order valence-electron chi connectivity index (χ0n) is 15.4. The summed E-state index contributed by atoms with van der Waals surface area (Å²) in [5.74, 6) is 1.75. The predicted octanol–water partition coefficient (Wildman–Crippen LogP) is 2.75. The standard InChI is InChI=1S/C19H31N3O2/c1-15(2)24-17-8-6-16(7-9-17)10-12-21-18(20-4)22-14-19(3)11-5-13-23-19/h6-9,15H,5,10-14H2,1-4H3,(H2,20,21,22). The zero-order chi connectivity index (χ0) is 17.4. The molecule has 1 unspecified atom stereocenters. The van der Waals surface area contributed by atoms with Crippen molar-refractivity contribution >= 4 is 5.96 Å². The Morgan fingerprint density at radius 2 is 2.04 bits per heavy atom. The minimum Gasteiger partial charge on any atom is -0.491 e. The Balaban J connectivity index is 1.71. The van der Waals surface area contributed by atoms with Gasteiger partial charge in [0.2, 0.25) is 0 Å². The third-order valence-electron chi connectivity index (χ3n) is 4.16. The summed E-state index contributed by atoms with van der Waals surface area (Å²) in [6, 6.07) is 8.29. The minimum atomic E-state index is -0.0656. The maximum Gasteiger partial charge on any atom is 0.191 e. The van der Waals surface area contributed by atoms with E-state index in [2.05, 4.69) is 34.7 Å². The summed E-state index contributed by atoms with van der Waals surface area (Å²) in [5, 5.41) is 6.72. The van der Waals surface area contributed by atoms with Crippen LogP contribution in [0.4, 0.5) is 0 Å². The van der Waals surface area contributed by atoms with Crippen molar-refractivity contribution in [1.29, 1.82) is 0 Å². The third-order valence-corrected chi connectivity index (χ3v) is 4.16. The molecular formula is C19H31N3O2. The lowest BCUT2D eigenvalue weighted by Crippen LogP contribution is -2.45. The minimum absolute atomic E-state index is 0.0656. The Bertz CT molecular complexity index is 520. The highest BCUT2D eigenvalue weighted by atomic mass is 16.5. The number of hydrogen-bond donors (Lipinski definition) is 2. The Hall–Kier alpha value is -1.75. The molecule has 1 aliphatic rings. The number of rotatable bonds is 7. The first-order chi connectivity index (χ1) is 11.5. The Labute approximate surface area is 145 Å². The second-order valence-corrected chi connectivity index (χ2v) is 6.82. The number of nitrogens with zero attached hydrogens (tertiary/aromatic N) is 1. The van der Waals surface area contributed by atoms with Gasteiger partial charge in [0.1, 0.15) is 5.75 Å². The summed E-state index contributed by atoms with van der Waals surface area (Å²) >= 11 is 0. The third kappa shape index (κ3) is 6.04. The largest absolute Gasteiger partial charge is 0.491 e. The predicted molar refractivity (Wildman–Crippen MR) is 98.9 cm³/mol. The lowest BCUT2D eigenvalue weighted by Gasteiger charge is -2.24. The molecule has 0 amide bonds. The fraction of sp³-hybridized carbons (Fsp3) is 0.632. The van der Waals surface area contributed by atoms with Crippen molar-refractivity contribution in [2.75, 3.05) is 26.7 Å². The van der Waals surface area contributed by atoms with Crippen LogP contribution in [0, 0.1) is 0 Å². The van der Waals surface area contributed by atoms with E-state index in [1.165, 1.54) is 5.56 Å². The van der Waals surface area contributed by atoms with E-state index in [1.807, 2.05) is 26.0 Å². The number of nitrogens with one attached hydrogen (secondary N) is 2. The van der Waals surface area contributed by atoms with Crippen LogP contribution < -0.4 is 15.4 Å². The van der Waals surface area contributed by atoms with Gasteiger partial charge >= 0.3 is 0 Å². The number of benzene rings is 1. The molecule has 1 heterocycles. The Morgan fingerprint density at radius 1 is 1.29 bits per heavy atom. The molecule has 1 aromatic rings. The average Bonchev–Trinajstić information content (AvgIpc) is 2.99. The molecule has 2 rings (SSSR count). The molecule has 134 valence electrons. The Kier molecular flexibility index (Phi) is 6.91. The number of hydrogen-bond acceptors (Lipinski definition) is 3. The van der Waals surface area contributed by atoms with Gasteiger partial charge in [-0.1, -0.05) is 12.1 Å². The fourth-order valence-electron chi connectivity index (χ4n) is 2.80. The van der Waals surface area contributed by atoms with Gasteiger partial charge in [0.05, 0.1) is 11.7 Å². The first kappa shape index (κ1) is 18.6. The highest BCUT2D eigenvalue weighted by Gasteiger charge is 2.29. The van der Waals surface area contributed by atoms with E-state index < -0.39 is 0 Å². The second kappa shape index (κ2) is 8.92. The topological polar surface area (TPSA) is 54.9 Å². The van der Waals surface area contributed by atoms with Crippen LogP contribution in [0.5, 0.6) is 5.75 Å². The van der Waals surface area contributed by atoms with Gasteiger partial charge < -0.3 is 20.1 Å². The van der Waals surface area contributed by atoms with E-state index in [-0.39, 0.29) is 11.7 Å². The van der Waals surface area contributed by atoms with Gasteiger partial charge in [-0.25, -0.2) is 0 Å². The average molecular weight is 333 g/mol. The molecule has 1 aromatic carbocycles. The van der Waals surface area contributed by atoms with Crippen LogP contribution in [0.2, 0.25) is 0 Å². The van der Waals surface area contributed by atoms with E-state index in [9.17, 15) is 0 Å². The van der Waals surface area contributed by atoms with E-state index in [0.29, 0.717) is 0 Å². The van der Waals surface area contributed by atoms with Crippen molar-refractivity contribution in [2.24, 2.45) is 4.99 Å². The van der Waals surface area contributed by atoms with Crippen LogP contribution in [0.1, 0.15) is 39.2 Å². The molecule has 1 atom stereocenters. The van der Waals surface area contributed by atoms with Gasteiger partial charge in [0, 0.05) is 26.7 Å². The molecule has 0 bridgehead atoms. The SMILES string of the molecule is CN=C(NCCc1ccc(OC(C)C)cc1)NCC1(C)CCCO1. The highest BCUT2D eigenvalue weighted by Crippen LogP contribution is 2.23. The molecule has 5 nitrogen and oxygen atoms in total. The molecule has 1 saturated heterocycles. The molecule has 0 aliphatic carbocycles. The van der Waals surface area contributed by atoms with E-state index in [4.69, 9.17) is 9.47 Å². The molecule has 24 heavy (non-hydrogen) atoms. The van der Waals surface area contributed by atoms with Gasteiger partial charge in [-0.3, -0.25) is 4.99 Å². The second-order valence-electron chi connectivity index (χ2n) is 6.82. The summed E-state index contributed by atoms with van der Waals surface area (Å²) in [4.78, 5) is 4.28. The molecule has 1 aliphatic heterocycles. The maximum absolute atomic E-state index is 5.79. The summed E-state index contributed by atoms with van der Waals surface area (Å²) in [5.41, 5.74) is 1.21. The van der Waals surface area contributed by atoms with Crippen molar-refractivity contribution in [3.63, 3.8) is 0 Å². The molecular weight excluding hydrogens is 302 g/mol. The van der Waals surface area contributed by atoms with Crippen molar-refractivity contribution in [1.82, 2.24) is 10.6 Å². The molecule has 0 saturated carbocycles. The van der Waals surface area contributed by atoms with Gasteiger partial charge in [0.15, 0.2) is 5.96 Å². The molecule has 0 radical (unpaired) electrons. The zero-order valence-corrected chi connectivity index (χ0v) is 15.4. The number of aliphatic imine (C=N–C) groups is 1. The van der Waals surface area contributed by atoms with Gasteiger partial charge in [0.25, 0.3) is 0 Å². The monoisotopic (exact) mass is 333 g/mol. The van der Waals surface area contributed by atoms with Crippen LogP contribution in [0.25, 0.3) is 0 Å². The van der Waals surface area contributed by atoms with Crippen LogP contribution in [-0.2, 0) is 11.2 Å². The number of ether oxygens (including phenoxy) is 2. The smallest absolute Gasteiger partial charge is 0.191 e. The molecule has 2 N–H and O–H groups in total. The lowest BCUT2D eigenvalue weighted by molar-refractivity contribution is 0.0243. The molecule has 0 spiro atoms. The van der Waals surface area contributed by atoms with E-state index >= 15 is 0 Å². The molecule has 0 aromatic heterocycles. The first-order valence-electron chi connectivity index (χ1n) is 8.85. The quantitative estimate of drug-likeness (QED) is 0.595. The van der Waals surface area contributed by atoms with E-state index in [0.717, 1.165) is 50.7 Å². The first-order valence-corrected chi connectivity index (χ1v) is 8.85. The molecule has 5 heteroatoms. The van der Waals surface area contributed by atoms with Crippen LogP contribution >= 0.6 is 0 Å². The lowest BCUT2D eigenvalue weighted by atomic mass is 10.0. The van der Waals surface area contributed by atoms with Crippen molar-refractivity contribution in [3.05, 3.63) is 29.8 Å². The van der Waals surface area contributed by atoms with Crippen LogP contribution in [-0.4, -0.2) is 44.4 Å². The number of guanidine groups is 1. The van der Waals surface area contributed by atoms with Crippen molar-refractivity contribution in [3.8, 4) is 5.75 Å². The van der Waals surface area contributed by atoms with Crippen molar-refractivity contribution < 1.29 is 9.47 Å². The summed E-state index contributed by atoms with van der Waals surface area (Å²) in [6.07, 6.45) is 3.39. The van der Waals surface area contributed by atoms with Crippen molar-refractivity contribution in [2.45, 2.75) is 51.7 Å². The van der Waals surface area contributed by atoms with Crippen LogP contribution in [0.3, 0.4) is 0 Å². The van der Waals surface area contributed by atoms with Crippen LogP contribution in [0.15, 0.2) is 29.3 Å². The summed E-state index contributed by atoms with van der Waals surface area (Å²) in [7, 11) is 1.80. The summed E-state index contributed by atoms with van der Waals surface area (Å²) in [6.45, 7) is 8.71. The van der Waals surface area contributed by atoms with E-state index in [1.54, 1.807) is 7.05 Å². The fourth-order valence-corrected chi connectivity index (χ4v) is 2.80. The normalized spacial score (nSPS) is 21.1.